The number of fused-ring (bicyclic) bond motifs is 1. The van der Waals surface area contributed by atoms with Gasteiger partial charge in [-0.3, -0.25) is 9.59 Å². The number of amides is 1. The summed E-state index contributed by atoms with van der Waals surface area (Å²) in [4.78, 5) is 36.2. The van der Waals surface area contributed by atoms with Crippen LogP contribution in [-0.2, 0) is 19.9 Å². The maximum absolute atomic E-state index is 12.2. The quantitative estimate of drug-likeness (QED) is 0.490. The second kappa shape index (κ2) is 5.88. The van der Waals surface area contributed by atoms with Gasteiger partial charge in [-0.2, -0.15) is 0 Å². The van der Waals surface area contributed by atoms with Crippen LogP contribution in [0.1, 0.15) is 48.2 Å². The maximum Gasteiger partial charge on any atom is 0.353 e. The van der Waals surface area contributed by atoms with Crippen LogP contribution < -0.4 is 5.32 Å². The van der Waals surface area contributed by atoms with Gasteiger partial charge in [-0.25, -0.2) is 4.79 Å². The van der Waals surface area contributed by atoms with Crippen molar-refractivity contribution >= 4 is 23.3 Å². The first-order chi connectivity index (χ1) is 10.4. The summed E-state index contributed by atoms with van der Waals surface area (Å²) in [6, 6.07) is 3.00. The number of hydrogen-bond donors (Lipinski definition) is 2. The molecule has 118 valence electrons. The normalized spacial score (nSPS) is 19.5. The van der Waals surface area contributed by atoms with Crippen molar-refractivity contribution in [1.29, 1.82) is 0 Å². The van der Waals surface area contributed by atoms with Crippen LogP contribution in [0.4, 0.5) is 5.69 Å². The zero-order chi connectivity index (χ0) is 16.5. The second-order valence-corrected chi connectivity index (χ2v) is 5.27. The lowest BCUT2D eigenvalue weighted by molar-refractivity contribution is -0.169. The fourth-order valence-electron chi connectivity index (χ4n) is 2.55. The first-order valence-electron chi connectivity index (χ1n) is 7.25. The Morgan fingerprint density at radius 2 is 2.00 bits per heavy atom. The molecule has 0 spiro atoms. The number of carbonyl (C=O) groups excluding carboxylic acids is 3. The van der Waals surface area contributed by atoms with Crippen LogP contribution in [0.15, 0.2) is 12.1 Å². The summed E-state index contributed by atoms with van der Waals surface area (Å²) in [6.07, 6.45) is 1.05. The highest BCUT2D eigenvalue weighted by Gasteiger charge is 2.53. The Morgan fingerprint density at radius 3 is 2.59 bits per heavy atom. The molecule has 0 saturated carbocycles. The van der Waals surface area contributed by atoms with E-state index in [9.17, 15) is 19.5 Å². The van der Waals surface area contributed by atoms with E-state index in [4.69, 9.17) is 4.74 Å². The lowest BCUT2D eigenvalue weighted by Gasteiger charge is -2.19. The maximum atomic E-state index is 12.2. The Labute approximate surface area is 128 Å². The van der Waals surface area contributed by atoms with Crippen LogP contribution in [0.2, 0.25) is 0 Å². The number of anilines is 1. The van der Waals surface area contributed by atoms with Crippen molar-refractivity contribution in [3.63, 3.8) is 0 Å². The van der Waals surface area contributed by atoms with Crippen molar-refractivity contribution in [3.05, 3.63) is 28.8 Å². The molecule has 0 aliphatic carbocycles. The minimum atomic E-state index is -2.40. The van der Waals surface area contributed by atoms with Gasteiger partial charge in [-0.05, 0) is 38.0 Å². The summed E-state index contributed by atoms with van der Waals surface area (Å²) < 4.78 is 4.80. The molecule has 6 heteroatoms. The number of esters is 1. The number of ketones is 1. The van der Waals surface area contributed by atoms with Gasteiger partial charge in [-0.15, -0.1) is 0 Å². The van der Waals surface area contributed by atoms with Gasteiger partial charge >= 0.3 is 5.97 Å². The number of nitrogens with one attached hydrogen (secondary N) is 1. The third kappa shape index (κ3) is 2.39. The van der Waals surface area contributed by atoms with Gasteiger partial charge in [0.05, 0.1) is 6.61 Å². The van der Waals surface area contributed by atoms with Gasteiger partial charge in [0.1, 0.15) is 0 Å². The van der Waals surface area contributed by atoms with E-state index in [0.717, 1.165) is 0 Å². The Bertz CT molecular complexity index is 652. The molecule has 1 aliphatic rings. The van der Waals surface area contributed by atoms with Crippen molar-refractivity contribution in [2.75, 3.05) is 11.9 Å². The minimum absolute atomic E-state index is 0.0389. The summed E-state index contributed by atoms with van der Waals surface area (Å²) in [5.74, 6) is -1.99. The molecule has 1 aliphatic heterocycles. The molecule has 0 saturated heterocycles. The number of aliphatic hydroxyl groups is 1. The number of aryl methyl sites for hydroxylation is 1. The number of Topliss-reactive ketones (excluding diaryl/α,β-unsaturated/α-hetero) is 1. The fourth-order valence-corrected chi connectivity index (χ4v) is 2.55. The molecular weight excluding hydrogens is 286 g/mol. The van der Waals surface area contributed by atoms with Gasteiger partial charge in [0.25, 0.3) is 11.5 Å². The zero-order valence-electron chi connectivity index (χ0n) is 12.9. The predicted octanol–water partition coefficient (Wildman–Crippen LogP) is 1.68. The molecule has 2 N–H and O–H groups in total. The third-order valence-corrected chi connectivity index (χ3v) is 3.68. The van der Waals surface area contributed by atoms with Crippen LogP contribution in [-0.4, -0.2) is 29.4 Å². The van der Waals surface area contributed by atoms with Crippen molar-refractivity contribution in [1.82, 2.24) is 0 Å². The summed E-state index contributed by atoms with van der Waals surface area (Å²) in [6.45, 7) is 5.26. The highest BCUT2D eigenvalue weighted by molar-refractivity contribution is 6.18. The average Bonchev–Trinajstić information content (AvgIpc) is 2.70. The first-order valence-corrected chi connectivity index (χ1v) is 7.25. The van der Waals surface area contributed by atoms with Gasteiger partial charge in [0, 0.05) is 23.2 Å². The fraction of sp³-hybridized carbons (Fsp3) is 0.438. The van der Waals surface area contributed by atoms with E-state index in [1.807, 2.05) is 6.92 Å². The second-order valence-electron chi connectivity index (χ2n) is 5.27. The Morgan fingerprint density at radius 1 is 1.32 bits per heavy atom. The van der Waals surface area contributed by atoms with E-state index in [0.29, 0.717) is 29.7 Å². The molecule has 0 fully saturated rings. The third-order valence-electron chi connectivity index (χ3n) is 3.68. The summed E-state index contributed by atoms with van der Waals surface area (Å²) in [7, 11) is 0. The Balaban J connectivity index is 2.55. The lowest BCUT2D eigenvalue weighted by atomic mass is 9.90. The molecule has 1 unspecified atom stereocenters. The standard InChI is InChI=1S/C16H19NO5/c1-4-6-13(18)10-8-11-12(7-9(10)3)17-14(19)16(11,21)15(20)22-5-2/h7-8,21H,4-6H2,1-3H3,(H,17,19). The number of carbonyl (C=O) groups is 3. The molecule has 2 rings (SSSR count). The van der Waals surface area contributed by atoms with Crippen molar-refractivity contribution in [2.45, 2.75) is 39.2 Å². The molecule has 6 nitrogen and oxygen atoms in total. The van der Waals surface area contributed by atoms with E-state index >= 15 is 0 Å². The zero-order valence-corrected chi connectivity index (χ0v) is 12.9. The Kier molecular flexibility index (Phi) is 4.32. The topological polar surface area (TPSA) is 92.7 Å². The monoisotopic (exact) mass is 305 g/mol. The van der Waals surface area contributed by atoms with E-state index < -0.39 is 17.5 Å². The lowest BCUT2D eigenvalue weighted by Crippen LogP contribution is -2.43. The highest BCUT2D eigenvalue weighted by Crippen LogP contribution is 2.39. The van der Waals surface area contributed by atoms with E-state index in [2.05, 4.69) is 5.32 Å². The molecule has 0 bridgehead atoms. The molecular formula is C16H19NO5. The van der Waals surface area contributed by atoms with Crippen molar-refractivity contribution < 1.29 is 24.2 Å². The largest absolute Gasteiger partial charge is 0.463 e. The molecule has 0 radical (unpaired) electrons. The molecule has 1 amide bonds. The van der Waals surface area contributed by atoms with Gasteiger partial charge in [0.15, 0.2) is 5.78 Å². The minimum Gasteiger partial charge on any atom is -0.463 e. The average molecular weight is 305 g/mol. The van der Waals surface area contributed by atoms with E-state index in [-0.39, 0.29) is 18.0 Å². The van der Waals surface area contributed by atoms with Crippen molar-refractivity contribution in [2.24, 2.45) is 0 Å². The highest BCUT2D eigenvalue weighted by atomic mass is 16.6. The van der Waals surface area contributed by atoms with Crippen molar-refractivity contribution in [3.8, 4) is 0 Å². The first kappa shape index (κ1) is 16.2. The molecule has 1 heterocycles. The number of ether oxygens (including phenoxy) is 1. The van der Waals surface area contributed by atoms with E-state index in [1.54, 1.807) is 19.9 Å². The molecule has 1 aromatic rings. The predicted molar refractivity (Wildman–Crippen MR) is 79.6 cm³/mol. The van der Waals surface area contributed by atoms with Crippen LogP contribution >= 0.6 is 0 Å². The number of rotatable bonds is 5. The molecule has 1 atom stereocenters. The summed E-state index contributed by atoms with van der Waals surface area (Å²) in [5, 5.41) is 13.0. The van der Waals surface area contributed by atoms with Crippen LogP contribution in [0.5, 0.6) is 0 Å². The smallest absolute Gasteiger partial charge is 0.353 e. The van der Waals surface area contributed by atoms with Gasteiger partial charge in [-0.1, -0.05) is 6.92 Å². The SMILES string of the molecule is CCCC(=O)c1cc2c(cc1C)NC(=O)C2(O)C(=O)OCC. The number of benzene rings is 1. The van der Waals surface area contributed by atoms with Gasteiger partial charge in [0.2, 0.25) is 0 Å². The van der Waals surface area contributed by atoms with Crippen LogP contribution in [0, 0.1) is 6.92 Å². The van der Waals surface area contributed by atoms with Crippen LogP contribution in [0.25, 0.3) is 0 Å². The molecule has 22 heavy (non-hydrogen) atoms. The van der Waals surface area contributed by atoms with Gasteiger partial charge < -0.3 is 15.2 Å². The Hall–Kier alpha value is -2.21. The number of hydrogen-bond acceptors (Lipinski definition) is 5. The summed E-state index contributed by atoms with van der Waals surface area (Å²) >= 11 is 0. The molecule has 0 aromatic heterocycles. The van der Waals surface area contributed by atoms with Crippen LogP contribution in [0.3, 0.4) is 0 Å². The molecule has 1 aromatic carbocycles. The summed E-state index contributed by atoms with van der Waals surface area (Å²) in [5.41, 5.74) is -0.919. The van der Waals surface area contributed by atoms with E-state index in [1.165, 1.54) is 6.07 Å².